The Bertz CT molecular complexity index is 1230. The molecule has 6 nitrogen and oxygen atoms in total. The molecule has 1 amide bonds. The zero-order valence-electron chi connectivity index (χ0n) is 18.0. The number of carbonyl (C=O) groups is 1. The Morgan fingerprint density at radius 2 is 1.97 bits per heavy atom. The van der Waals surface area contributed by atoms with Gasteiger partial charge < -0.3 is 20.1 Å². The number of rotatable bonds is 6. The van der Waals surface area contributed by atoms with Gasteiger partial charge in [0.2, 0.25) is 12.4 Å². The monoisotopic (exact) mass is 533 g/mol. The smallest absolute Gasteiger partial charge is 0.370 e. The van der Waals surface area contributed by atoms with Crippen molar-refractivity contribution in [2.24, 2.45) is 13.0 Å². The van der Waals surface area contributed by atoms with E-state index in [4.69, 9.17) is 34.8 Å². The molecule has 1 atom stereocenters. The van der Waals surface area contributed by atoms with Crippen LogP contribution in [0.1, 0.15) is 18.4 Å². The zero-order chi connectivity index (χ0) is 24.6. The number of alkyl halides is 3. The minimum absolute atomic E-state index is 0.114. The van der Waals surface area contributed by atoms with Crippen LogP contribution in [-0.4, -0.2) is 35.2 Å². The number of carbonyl (C=O) groups excluding carboxylic acids is 1. The van der Waals surface area contributed by atoms with Gasteiger partial charge in [-0.1, -0.05) is 40.9 Å². The van der Waals surface area contributed by atoms with E-state index in [1.54, 1.807) is 40.8 Å². The number of anilines is 3. The molecule has 1 aliphatic rings. The predicted molar refractivity (Wildman–Crippen MR) is 129 cm³/mol. The predicted octanol–water partition coefficient (Wildman–Crippen LogP) is 6.30. The van der Waals surface area contributed by atoms with E-state index >= 15 is 0 Å². The lowest BCUT2D eigenvalue weighted by atomic mass is 9.97. The molecular formula is C22H21Cl3F3N5O. The summed E-state index contributed by atoms with van der Waals surface area (Å²) in [6.45, 7) is 0.586. The Labute approximate surface area is 209 Å². The van der Waals surface area contributed by atoms with Crippen molar-refractivity contribution in [1.29, 1.82) is 0 Å². The maximum absolute atomic E-state index is 13.3. The lowest BCUT2D eigenvalue weighted by Gasteiger charge is -2.35. The van der Waals surface area contributed by atoms with Crippen molar-refractivity contribution in [3.05, 3.63) is 44.9 Å². The lowest BCUT2D eigenvalue weighted by molar-refractivity contribution is -0.176. The topological polar surface area (TPSA) is 62.2 Å². The van der Waals surface area contributed by atoms with Gasteiger partial charge in [0.05, 0.1) is 43.4 Å². The number of fused-ring (bicyclic) bond motifs is 1. The highest BCUT2D eigenvalue weighted by Crippen LogP contribution is 2.40. The Morgan fingerprint density at radius 1 is 1.21 bits per heavy atom. The molecule has 0 radical (unpaired) electrons. The highest BCUT2D eigenvalue weighted by atomic mass is 35.5. The van der Waals surface area contributed by atoms with Crippen molar-refractivity contribution in [2.45, 2.75) is 25.6 Å². The Kier molecular flexibility index (Phi) is 7.07. The molecule has 34 heavy (non-hydrogen) atoms. The molecule has 2 N–H and O–H groups in total. The van der Waals surface area contributed by atoms with Crippen molar-refractivity contribution in [3.63, 3.8) is 0 Å². The maximum atomic E-state index is 13.3. The van der Waals surface area contributed by atoms with Crippen molar-refractivity contribution >= 4 is 69.6 Å². The van der Waals surface area contributed by atoms with Gasteiger partial charge >= 0.3 is 6.18 Å². The van der Waals surface area contributed by atoms with Gasteiger partial charge in [-0.3, -0.25) is 4.79 Å². The van der Waals surface area contributed by atoms with Crippen LogP contribution in [0.5, 0.6) is 0 Å². The van der Waals surface area contributed by atoms with Crippen LogP contribution < -0.4 is 15.5 Å². The fraction of sp³-hybridized carbons (Fsp3) is 0.364. The number of aromatic nitrogens is 2. The maximum Gasteiger partial charge on any atom is 0.393 e. The molecule has 1 aliphatic heterocycles. The summed E-state index contributed by atoms with van der Waals surface area (Å²) in [7, 11) is 1.77. The number of hydrogen-bond donors (Lipinski definition) is 2. The van der Waals surface area contributed by atoms with Crippen LogP contribution in [0.3, 0.4) is 0 Å². The highest BCUT2D eigenvalue weighted by Gasteiger charge is 2.42. The van der Waals surface area contributed by atoms with Crippen molar-refractivity contribution < 1.29 is 18.0 Å². The summed E-state index contributed by atoms with van der Waals surface area (Å²) in [6, 6.07) is 6.76. The van der Waals surface area contributed by atoms with Crippen molar-refractivity contribution in [3.8, 4) is 0 Å². The zero-order valence-corrected chi connectivity index (χ0v) is 20.3. The third kappa shape index (κ3) is 4.87. The SMILES string of the molecule is Cn1c(Nc2c(Cl)ccc(CNC=O)c2Cl)nc2cc(Cl)c(N3CCCC(C(F)(F)F)C3)cc21. The number of benzene rings is 2. The Balaban J connectivity index is 1.67. The van der Waals surface area contributed by atoms with E-state index in [0.29, 0.717) is 68.4 Å². The van der Waals surface area contributed by atoms with Gasteiger partial charge in [-0.2, -0.15) is 13.2 Å². The van der Waals surface area contributed by atoms with E-state index in [1.807, 2.05) is 0 Å². The van der Waals surface area contributed by atoms with Crippen LogP contribution in [0.4, 0.5) is 30.5 Å². The molecule has 0 spiro atoms. The normalized spacial score (nSPS) is 16.7. The molecule has 1 saturated heterocycles. The standard InChI is InChI=1S/C22H21Cl3F3N5O/c1-32-18-8-17(33-6-2-3-13(10-33)22(26,27)28)15(24)7-16(18)30-21(32)31-20-14(23)5-4-12(19(20)25)9-29-11-34/h4-5,7-8,11,13H,2-3,6,9-10H2,1H3,(H,29,34)(H,30,31). The minimum Gasteiger partial charge on any atom is -0.370 e. The van der Waals surface area contributed by atoms with E-state index < -0.39 is 12.1 Å². The van der Waals surface area contributed by atoms with Crippen LogP contribution in [0.25, 0.3) is 11.0 Å². The van der Waals surface area contributed by atoms with E-state index in [-0.39, 0.29) is 19.5 Å². The van der Waals surface area contributed by atoms with Crippen molar-refractivity contribution in [2.75, 3.05) is 23.3 Å². The van der Waals surface area contributed by atoms with E-state index in [0.717, 1.165) is 0 Å². The number of amides is 1. The first-order valence-corrected chi connectivity index (χ1v) is 11.6. The van der Waals surface area contributed by atoms with Crippen molar-refractivity contribution in [1.82, 2.24) is 14.9 Å². The van der Waals surface area contributed by atoms with Crippen LogP contribution in [0.2, 0.25) is 15.1 Å². The van der Waals surface area contributed by atoms with Gasteiger partial charge in [-0.25, -0.2) is 4.98 Å². The number of halogens is 6. The second-order valence-electron chi connectivity index (χ2n) is 8.13. The van der Waals surface area contributed by atoms with Gasteiger partial charge in [0.1, 0.15) is 0 Å². The van der Waals surface area contributed by atoms with Gasteiger partial charge in [-0.15, -0.1) is 0 Å². The summed E-state index contributed by atoms with van der Waals surface area (Å²) < 4.78 is 41.6. The number of piperidine rings is 1. The number of hydrogen-bond acceptors (Lipinski definition) is 4. The first-order valence-electron chi connectivity index (χ1n) is 10.5. The molecule has 1 unspecified atom stereocenters. The summed E-state index contributed by atoms with van der Waals surface area (Å²) >= 11 is 19.3. The highest BCUT2D eigenvalue weighted by molar-refractivity contribution is 6.39. The summed E-state index contributed by atoms with van der Waals surface area (Å²) in [5.41, 5.74) is 2.86. The third-order valence-corrected chi connectivity index (χ3v) is 7.01. The van der Waals surface area contributed by atoms with E-state index in [2.05, 4.69) is 15.6 Å². The van der Waals surface area contributed by atoms with Gasteiger partial charge in [0, 0.05) is 26.7 Å². The van der Waals surface area contributed by atoms with Crippen LogP contribution in [-0.2, 0) is 18.4 Å². The molecule has 182 valence electrons. The number of aryl methyl sites for hydroxylation is 1. The molecule has 2 heterocycles. The molecule has 4 rings (SSSR count). The molecule has 0 bridgehead atoms. The first-order chi connectivity index (χ1) is 16.1. The summed E-state index contributed by atoms with van der Waals surface area (Å²) in [5.74, 6) is -0.971. The minimum atomic E-state index is -4.24. The summed E-state index contributed by atoms with van der Waals surface area (Å²) in [6.07, 6.45) is -3.12. The molecule has 0 aliphatic carbocycles. The van der Waals surface area contributed by atoms with E-state index in [1.165, 1.54) is 0 Å². The van der Waals surface area contributed by atoms with Gasteiger partial charge in [-0.05, 0) is 36.6 Å². The number of imidazole rings is 1. The average molecular weight is 535 g/mol. The average Bonchev–Trinajstić information content (AvgIpc) is 3.09. The van der Waals surface area contributed by atoms with Crippen LogP contribution in [0, 0.1) is 5.92 Å². The Hall–Kier alpha value is -2.36. The summed E-state index contributed by atoms with van der Waals surface area (Å²) in [4.78, 5) is 16.9. The molecule has 1 fully saturated rings. The molecular weight excluding hydrogens is 514 g/mol. The fourth-order valence-corrected chi connectivity index (χ4v) is 4.94. The lowest BCUT2D eigenvalue weighted by Crippen LogP contribution is -2.41. The molecule has 0 saturated carbocycles. The number of nitrogens with one attached hydrogen (secondary N) is 2. The quantitative estimate of drug-likeness (QED) is 0.364. The number of nitrogens with zero attached hydrogens (tertiary/aromatic N) is 3. The Morgan fingerprint density at radius 3 is 2.68 bits per heavy atom. The van der Waals surface area contributed by atoms with Crippen LogP contribution >= 0.6 is 34.8 Å². The van der Waals surface area contributed by atoms with E-state index in [9.17, 15) is 18.0 Å². The third-order valence-electron chi connectivity index (χ3n) is 5.96. The summed E-state index contributed by atoms with van der Waals surface area (Å²) in [5, 5.41) is 6.71. The second kappa shape index (κ2) is 9.71. The largest absolute Gasteiger partial charge is 0.393 e. The fourth-order valence-electron chi connectivity index (χ4n) is 4.13. The van der Waals surface area contributed by atoms with Gasteiger partial charge in [0.15, 0.2) is 0 Å². The molecule has 2 aromatic carbocycles. The molecule has 3 aromatic rings. The van der Waals surface area contributed by atoms with Gasteiger partial charge in [0.25, 0.3) is 0 Å². The molecule has 1 aromatic heterocycles. The second-order valence-corrected chi connectivity index (χ2v) is 9.33. The molecule has 12 heteroatoms. The first kappa shape index (κ1) is 24.8. The van der Waals surface area contributed by atoms with Crippen LogP contribution in [0.15, 0.2) is 24.3 Å².